The predicted octanol–water partition coefficient (Wildman–Crippen LogP) is 4.99. The minimum Gasteiger partial charge on any atom is -0.506 e. The molecule has 1 fully saturated rings. The molecule has 1 saturated heterocycles. The van der Waals surface area contributed by atoms with Crippen molar-refractivity contribution in [1.29, 1.82) is 0 Å². The smallest absolute Gasteiger partial charge is 0.174 e. The first-order valence-corrected chi connectivity index (χ1v) is 9.70. The number of nitrogens with one attached hydrogen (secondary N) is 1. The van der Waals surface area contributed by atoms with Gasteiger partial charge in [0, 0.05) is 21.0 Å². The Bertz CT molecular complexity index is 960. The van der Waals surface area contributed by atoms with E-state index in [4.69, 9.17) is 23.8 Å². The average molecular weight is 402 g/mol. The van der Waals surface area contributed by atoms with E-state index in [1.807, 2.05) is 23.1 Å². The largest absolute Gasteiger partial charge is 0.506 e. The summed E-state index contributed by atoms with van der Waals surface area (Å²) in [6, 6.07) is 14.8. The number of aromatic hydroxyl groups is 1. The van der Waals surface area contributed by atoms with Crippen LogP contribution in [0.1, 0.15) is 27.5 Å². The molecular formula is C19H16ClN3OS2. The zero-order chi connectivity index (χ0) is 18.3. The van der Waals surface area contributed by atoms with E-state index in [2.05, 4.69) is 29.4 Å². The quantitative estimate of drug-likeness (QED) is 0.605. The molecule has 4 nitrogen and oxygen atoms in total. The molecule has 0 radical (unpaired) electrons. The van der Waals surface area contributed by atoms with E-state index in [0.717, 1.165) is 10.6 Å². The number of hydrogen-bond donors (Lipinski definition) is 2. The summed E-state index contributed by atoms with van der Waals surface area (Å²) >= 11 is 13.5. The van der Waals surface area contributed by atoms with Crippen LogP contribution < -0.4 is 10.2 Å². The highest BCUT2D eigenvalue weighted by Gasteiger charge is 2.42. The molecule has 0 amide bonds. The third-order valence-electron chi connectivity index (χ3n) is 4.35. The summed E-state index contributed by atoms with van der Waals surface area (Å²) in [5.41, 5.74) is 1.49. The number of thiocarbonyl (C=S) groups is 1. The highest BCUT2D eigenvalue weighted by Crippen LogP contribution is 2.46. The highest BCUT2D eigenvalue weighted by atomic mass is 35.5. The normalized spacial score (nSPS) is 19.6. The van der Waals surface area contributed by atoms with Crippen molar-refractivity contribution in [3.8, 4) is 5.75 Å². The predicted molar refractivity (Wildman–Crippen MR) is 110 cm³/mol. The van der Waals surface area contributed by atoms with Crippen molar-refractivity contribution in [1.82, 2.24) is 10.3 Å². The molecule has 2 N–H and O–H groups in total. The van der Waals surface area contributed by atoms with Crippen LogP contribution in [0.2, 0.25) is 5.02 Å². The summed E-state index contributed by atoms with van der Waals surface area (Å²) in [6.45, 7) is 2.08. The number of benzene rings is 1. The molecule has 7 heteroatoms. The van der Waals surface area contributed by atoms with E-state index in [-0.39, 0.29) is 17.8 Å². The zero-order valence-corrected chi connectivity index (χ0v) is 16.3. The van der Waals surface area contributed by atoms with Crippen LogP contribution in [-0.2, 0) is 0 Å². The van der Waals surface area contributed by atoms with Gasteiger partial charge in [0.25, 0.3) is 0 Å². The number of thiophene rings is 1. The molecule has 2 aromatic heterocycles. The summed E-state index contributed by atoms with van der Waals surface area (Å²) in [5, 5.41) is 14.9. The van der Waals surface area contributed by atoms with Gasteiger partial charge in [-0.15, -0.1) is 11.3 Å². The average Bonchev–Trinajstić information content (AvgIpc) is 3.21. The molecule has 0 saturated carbocycles. The second kappa shape index (κ2) is 6.87. The van der Waals surface area contributed by atoms with Gasteiger partial charge in [0.15, 0.2) is 5.11 Å². The number of anilines is 1. The lowest BCUT2D eigenvalue weighted by Crippen LogP contribution is -2.29. The van der Waals surface area contributed by atoms with Crippen LogP contribution >= 0.6 is 35.2 Å². The lowest BCUT2D eigenvalue weighted by molar-refractivity contribution is 0.473. The number of phenolic OH excluding ortho intramolecular Hbond substituents is 1. The minimum absolute atomic E-state index is 0.125. The van der Waals surface area contributed by atoms with E-state index in [0.29, 0.717) is 15.8 Å². The fourth-order valence-electron chi connectivity index (χ4n) is 3.21. The molecule has 132 valence electrons. The standard InChI is InChI=1S/C19H16ClN3OS2/c1-11-5-8-16(26-11)18-17(13-4-2-3-9-21-13)22-19(25)23(18)14-10-12(20)6-7-15(14)24/h2-10,17-18,24H,1H3,(H,22,25)/t17-,18+/m0/s1. The van der Waals surface area contributed by atoms with Crippen molar-refractivity contribution in [3.63, 3.8) is 0 Å². The fourth-order valence-corrected chi connectivity index (χ4v) is 4.72. The van der Waals surface area contributed by atoms with Crippen molar-refractivity contribution in [2.75, 3.05) is 4.90 Å². The maximum atomic E-state index is 10.4. The maximum absolute atomic E-state index is 10.4. The van der Waals surface area contributed by atoms with Crippen LogP contribution in [0.3, 0.4) is 0 Å². The number of rotatable bonds is 3. The fraction of sp³-hybridized carbons (Fsp3) is 0.158. The van der Waals surface area contributed by atoms with Gasteiger partial charge in [-0.2, -0.15) is 0 Å². The van der Waals surface area contributed by atoms with Gasteiger partial charge >= 0.3 is 0 Å². The molecule has 26 heavy (non-hydrogen) atoms. The molecule has 2 atom stereocenters. The number of aromatic nitrogens is 1. The number of nitrogens with zero attached hydrogens (tertiary/aromatic N) is 2. The van der Waals surface area contributed by atoms with Gasteiger partial charge < -0.3 is 15.3 Å². The van der Waals surface area contributed by atoms with Gasteiger partial charge in [-0.05, 0) is 61.6 Å². The molecule has 0 spiro atoms. The van der Waals surface area contributed by atoms with Gasteiger partial charge in [0.1, 0.15) is 5.75 Å². The van der Waals surface area contributed by atoms with Gasteiger partial charge in [0.2, 0.25) is 0 Å². The van der Waals surface area contributed by atoms with E-state index in [1.54, 1.807) is 35.7 Å². The first-order chi connectivity index (χ1) is 12.5. The van der Waals surface area contributed by atoms with Crippen molar-refractivity contribution in [3.05, 3.63) is 75.2 Å². The number of aryl methyl sites for hydroxylation is 1. The third kappa shape index (κ3) is 3.05. The molecule has 1 aliphatic rings. The Morgan fingerprint density at radius 3 is 2.77 bits per heavy atom. The van der Waals surface area contributed by atoms with Gasteiger partial charge in [-0.3, -0.25) is 4.98 Å². The second-order valence-corrected chi connectivity index (χ2v) is 8.22. The molecule has 1 aromatic carbocycles. The Balaban J connectivity index is 1.86. The molecule has 0 aliphatic carbocycles. The van der Waals surface area contributed by atoms with E-state index in [1.165, 1.54) is 4.88 Å². The minimum atomic E-state index is -0.125. The van der Waals surface area contributed by atoms with Crippen LogP contribution in [0.15, 0.2) is 54.7 Å². The Morgan fingerprint density at radius 2 is 2.08 bits per heavy atom. The summed E-state index contributed by atoms with van der Waals surface area (Å²) < 4.78 is 0. The third-order valence-corrected chi connectivity index (χ3v) is 5.97. The molecule has 0 unspecified atom stereocenters. The summed E-state index contributed by atoms with van der Waals surface area (Å²) in [6.07, 6.45) is 1.77. The maximum Gasteiger partial charge on any atom is 0.174 e. The van der Waals surface area contributed by atoms with Crippen molar-refractivity contribution >= 4 is 46.0 Å². The topological polar surface area (TPSA) is 48.4 Å². The van der Waals surface area contributed by atoms with Gasteiger partial charge in [0.05, 0.1) is 23.5 Å². The molecule has 0 bridgehead atoms. The monoisotopic (exact) mass is 401 g/mol. The molecular weight excluding hydrogens is 386 g/mol. The number of hydrogen-bond acceptors (Lipinski definition) is 4. The highest BCUT2D eigenvalue weighted by molar-refractivity contribution is 7.80. The van der Waals surface area contributed by atoms with Crippen LogP contribution in [0.5, 0.6) is 5.75 Å². The molecule has 4 rings (SSSR count). The van der Waals surface area contributed by atoms with E-state index in [9.17, 15) is 5.11 Å². The number of pyridine rings is 1. The van der Waals surface area contributed by atoms with Crippen molar-refractivity contribution in [2.45, 2.75) is 19.0 Å². The summed E-state index contributed by atoms with van der Waals surface area (Å²) in [7, 11) is 0. The van der Waals surface area contributed by atoms with Crippen LogP contribution in [-0.4, -0.2) is 15.2 Å². The summed E-state index contributed by atoms with van der Waals surface area (Å²) in [4.78, 5) is 8.80. The Kier molecular flexibility index (Phi) is 4.56. The number of phenols is 1. The Labute approximate surface area is 166 Å². The molecule has 1 aliphatic heterocycles. The van der Waals surface area contributed by atoms with Crippen LogP contribution in [0.4, 0.5) is 5.69 Å². The first-order valence-electron chi connectivity index (χ1n) is 8.10. The van der Waals surface area contributed by atoms with Crippen molar-refractivity contribution < 1.29 is 5.11 Å². The lowest BCUT2D eigenvalue weighted by atomic mass is 10.0. The summed E-state index contributed by atoms with van der Waals surface area (Å²) in [5.74, 6) is 0.137. The lowest BCUT2D eigenvalue weighted by Gasteiger charge is -2.27. The number of halogens is 1. The molecule has 3 aromatic rings. The Morgan fingerprint density at radius 1 is 1.23 bits per heavy atom. The van der Waals surface area contributed by atoms with E-state index < -0.39 is 0 Å². The van der Waals surface area contributed by atoms with Crippen LogP contribution in [0.25, 0.3) is 0 Å². The van der Waals surface area contributed by atoms with Gasteiger partial charge in [-0.1, -0.05) is 17.7 Å². The van der Waals surface area contributed by atoms with Crippen LogP contribution in [0, 0.1) is 6.92 Å². The first kappa shape index (κ1) is 17.3. The zero-order valence-electron chi connectivity index (χ0n) is 13.9. The second-order valence-electron chi connectivity index (χ2n) is 6.08. The SMILES string of the molecule is Cc1ccc([C@@H]2[C@H](c3ccccn3)NC(=S)N2c2cc(Cl)ccc2O)s1. The molecule has 3 heterocycles. The Hall–Kier alpha value is -2.15. The van der Waals surface area contributed by atoms with Gasteiger partial charge in [-0.25, -0.2) is 0 Å². The van der Waals surface area contributed by atoms with E-state index >= 15 is 0 Å². The van der Waals surface area contributed by atoms with Crippen molar-refractivity contribution in [2.24, 2.45) is 0 Å².